The maximum absolute atomic E-state index is 12.4. The third-order valence-corrected chi connectivity index (χ3v) is 3.25. The van der Waals surface area contributed by atoms with E-state index < -0.39 is 0 Å². The number of H-pyrrole nitrogens is 1. The second kappa shape index (κ2) is 6.15. The monoisotopic (exact) mass is 322 g/mol. The van der Waals surface area contributed by atoms with Gasteiger partial charge in [-0.05, 0) is 31.9 Å². The van der Waals surface area contributed by atoms with E-state index in [4.69, 9.17) is 0 Å². The van der Waals surface area contributed by atoms with E-state index in [2.05, 4.69) is 24.0 Å². The Balaban J connectivity index is 0.00000180. The minimum Gasteiger partial charge on any atom is -1.00 e. The van der Waals surface area contributed by atoms with Crippen LogP contribution in [0.3, 0.4) is 0 Å². The Labute approximate surface area is 124 Å². The minimum atomic E-state index is 0. The number of aromatic nitrogens is 2. The summed E-state index contributed by atoms with van der Waals surface area (Å²) in [6, 6.07) is 4.13. The molecule has 1 aromatic carbocycles. The molecule has 0 fully saturated rings. The summed E-state index contributed by atoms with van der Waals surface area (Å²) in [6.07, 6.45) is 3.74. The lowest BCUT2D eigenvalue weighted by molar-refractivity contribution is -0.687. The van der Waals surface area contributed by atoms with E-state index in [1.165, 1.54) is 5.56 Å². The number of imidazole rings is 1. The molecule has 0 radical (unpaired) electrons. The zero-order valence-electron chi connectivity index (χ0n) is 11.7. The van der Waals surface area contributed by atoms with Gasteiger partial charge in [0.05, 0.1) is 0 Å². The van der Waals surface area contributed by atoms with Crippen molar-refractivity contribution >= 4 is 5.78 Å². The molecule has 0 unspecified atom stereocenters. The zero-order chi connectivity index (χ0) is 13.3. The molecule has 2 rings (SSSR count). The summed E-state index contributed by atoms with van der Waals surface area (Å²) in [6.45, 7) is 8.41. The number of benzene rings is 1. The number of nitrogens with one attached hydrogen (secondary N) is 1. The Hall–Kier alpha value is -1.42. The molecule has 0 saturated carbocycles. The Kier molecular flexibility index (Phi) is 5.06. The number of carbonyl (C=O) groups is 1. The maximum Gasteiger partial charge on any atom is 0.251 e. The van der Waals surface area contributed by atoms with E-state index in [1.807, 2.05) is 37.7 Å². The van der Waals surface area contributed by atoms with Gasteiger partial charge in [0.2, 0.25) is 5.78 Å². The van der Waals surface area contributed by atoms with Crippen molar-refractivity contribution in [3.05, 3.63) is 52.6 Å². The number of ketones is 1. The molecule has 0 aliphatic rings. The van der Waals surface area contributed by atoms with Gasteiger partial charge in [0, 0.05) is 12.5 Å². The molecule has 102 valence electrons. The third kappa shape index (κ3) is 3.32. The van der Waals surface area contributed by atoms with Crippen molar-refractivity contribution in [2.75, 3.05) is 0 Å². The number of carbonyl (C=O) groups excluding carboxylic acids is 1. The largest absolute Gasteiger partial charge is 1.00 e. The van der Waals surface area contributed by atoms with Gasteiger partial charge in [-0.2, -0.15) is 0 Å². The van der Waals surface area contributed by atoms with Gasteiger partial charge >= 0.3 is 0 Å². The van der Waals surface area contributed by atoms with Crippen LogP contribution >= 0.6 is 0 Å². The summed E-state index contributed by atoms with van der Waals surface area (Å²) in [5.41, 5.74) is 4.18. The fraction of sp³-hybridized carbons (Fsp3) is 0.333. The summed E-state index contributed by atoms with van der Waals surface area (Å²) < 4.78 is 1.93. The van der Waals surface area contributed by atoms with Gasteiger partial charge in [-0.3, -0.25) is 4.79 Å². The molecule has 0 bridgehead atoms. The highest BCUT2D eigenvalue weighted by atomic mass is 79.9. The second-order valence-corrected chi connectivity index (χ2v) is 4.87. The molecule has 0 spiro atoms. The molecule has 1 N–H and O–H groups in total. The predicted molar refractivity (Wildman–Crippen MR) is 70.7 cm³/mol. The molecule has 4 heteroatoms. The lowest BCUT2D eigenvalue weighted by atomic mass is 9.96. The number of hydrogen-bond donors (Lipinski definition) is 1. The molecule has 0 atom stereocenters. The van der Waals surface area contributed by atoms with Crippen molar-refractivity contribution in [3.8, 4) is 0 Å². The number of nitrogens with zero attached hydrogens (tertiary/aromatic N) is 1. The average molecular weight is 323 g/mol. The fourth-order valence-electron chi connectivity index (χ4n) is 2.47. The van der Waals surface area contributed by atoms with Crippen LogP contribution in [0.15, 0.2) is 24.5 Å². The van der Waals surface area contributed by atoms with Crippen LogP contribution in [-0.2, 0) is 6.54 Å². The second-order valence-electron chi connectivity index (χ2n) is 4.87. The van der Waals surface area contributed by atoms with Crippen LogP contribution in [-0.4, -0.2) is 10.8 Å². The normalized spacial score (nSPS) is 10.1. The molecule has 2 aromatic rings. The van der Waals surface area contributed by atoms with Crippen LogP contribution in [0, 0.1) is 27.7 Å². The molecule has 19 heavy (non-hydrogen) atoms. The molecule has 0 aliphatic carbocycles. The number of aromatic amines is 1. The highest BCUT2D eigenvalue weighted by molar-refractivity contribution is 5.98. The fourth-order valence-corrected chi connectivity index (χ4v) is 2.47. The Morgan fingerprint density at radius 3 is 2.21 bits per heavy atom. The summed E-state index contributed by atoms with van der Waals surface area (Å²) in [5.74, 6) is 1.16. The van der Waals surface area contributed by atoms with Gasteiger partial charge in [-0.15, -0.1) is 0 Å². The van der Waals surface area contributed by atoms with Crippen LogP contribution in [0.5, 0.6) is 0 Å². The van der Waals surface area contributed by atoms with Gasteiger partial charge in [-0.25, -0.2) is 9.55 Å². The van der Waals surface area contributed by atoms with Crippen LogP contribution in [0.25, 0.3) is 0 Å². The number of Topliss-reactive ketones (excluding diaryl/α,β-unsaturated/α-hetero) is 1. The summed E-state index contributed by atoms with van der Waals surface area (Å²) >= 11 is 0. The molecule has 0 aliphatic heterocycles. The Morgan fingerprint density at radius 2 is 1.74 bits per heavy atom. The van der Waals surface area contributed by atoms with E-state index >= 15 is 0 Å². The molecule has 1 heterocycles. The van der Waals surface area contributed by atoms with Gasteiger partial charge in [0.15, 0.2) is 6.54 Å². The van der Waals surface area contributed by atoms with Crippen molar-refractivity contribution in [1.29, 1.82) is 0 Å². The van der Waals surface area contributed by atoms with E-state index in [-0.39, 0.29) is 22.8 Å². The average Bonchev–Trinajstić information content (AvgIpc) is 2.62. The smallest absolute Gasteiger partial charge is 0.251 e. The minimum absolute atomic E-state index is 0. The third-order valence-electron chi connectivity index (χ3n) is 3.25. The van der Waals surface area contributed by atoms with Crippen molar-refractivity contribution < 1.29 is 26.3 Å². The number of rotatable bonds is 3. The number of halogens is 1. The first-order chi connectivity index (χ1) is 8.49. The van der Waals surface area contributed by atoms with Crippen LogP contribution in [0.2, 0.25) is 0 Å². The van der Waals surface area contributed by atoms with Gasteiger partial charge in [0.25, 0.3) is 5.82 Å². The molecule has 3 nitrogen and oxygen atoms in total. The first-order valence-electron chi connectivity index (χ1n) is 6.13. The molecular weight excluding hydrogens is 304 g/mol. The van der Waals surface area contributed by atoms with Crippen LogP contribution in [0.4, 0.5) is 0 Å². The lowest BCUT2D eigenvalue weighted by Crippen LogP contribution is -3.00. The van der Waals surface area contributed by atoms with Crippen LogP contribution < -0.4 is 21.5 Å². The Morgan fingerprint density at radius 1 is 1.16 bits per heavy atom. The first-order valence-corrected chi connectivity index (χ1v) is 6.13. The number of aryl methyl sites for hydroxylation is 4. The highest BCUT2D eigenvalue weighted by Crippen LogP contribution is 2.17. The predicted octanol–water partition coefficient (Wildman–Crippen LogP) is -0.577. The number of hydrogen-bond acceptors (Lipinski definition) is 1. The van der Waals surface area contributed by atoms with Crippen molar-refractivity contribution in [2.45, 2.75) is 34.2 Å². The maximum atomic E-state index is 12.4. The van der Waals surface area contributed by atoms with E-state index in [1.54, 1.807) is 0 Å². The van der Waals surface area contributed by atoms with Crippen molar-refractivity contribution in [2.24, 2.45) is 0 Å². The van der Waals surface area contributed by atoms with Gasteiger partial charge < -0.3 is 17.0 Å². The summed E-state index contributed by atoms with van der Waals surface area (Å²) in [5, 5.41) is 0. The standard InChI is InChI=1S/C15H18N2O.BrH/c1-10-7-11(2)15(12(3)8-10)14(18)9-17-6-5-16-13(17)4;/h5-8H,9H2,1-4H3;1H. The molecule has 1 aromatic heterocycles. The van der Waals surface area contributed by atoms with Crippen molar-refractivity contribution in [1.82, 2.24) is 4.98 Å². The molecular formula is C15H19BrN2O. The summed E-state index contributed by atoms with van der Waals surface area (Å²) in [4.78, 5) is 15.5. The quantitative estimate of drug-likeness (QED) is 0.596. The van der Waals surface area contributed by atoms with E-state index in [9.17, 15) is 4.79 Å². The van der Waals surface area contributed by atoms with Crippen LogP contribution in [0.1, 0.15) is 32.9 Å². The molecule has 0 amide bonds. The van der Waals surface area contributed by atoms with E-state index in [0.717, 1.165) is 22.5 Å². The SMILES string of the molecule is Cc1cc(C)c(C(=O)C[n+]2cc[nH]c2C)c(C)c1.[Br-]. The first kappa shape index (κ1) is 15.6. The zero-order valence-corrected chi connectivity index (χ0v) is 13.3. The summed E-state index contributed by atoms with van der Waals surface area (Å²) in [7, 11) is 0. The van der Waals surface area contributed by atoms with Gasteiger partial charge in [-0.1, -0.05) is 17.7 Å². The molecule has 0 saturated heterocycles. The highest BCUT2D eigenvalue weighted by Gasteiger charge is 2.17. The lowest BCUT2D eigenvalue weighted by Gasteiger charge is -2.09. The van der Waals surface area contributed by atoms with Crippen molar-refractivity contribution in [3.63, 3.8) is 0 Å². The topological polar surface area (TPSA) is 36.7 Å². The Bertz CT molecular complexity index is 579. The van der Waals surface area contributed by atoms with E-state index in [0.29, 0.717) is 6.54 Å². The van der Waals surface area contributed by atoms with Gasteiger partial charge in [0.1, 0.15) is 12.4 Å².